The van der Waals surface area contributed by atoms with Crippen molar-refractivity contribution in [3.05, 3.63) is 28.2 Å². The van der Waals surface area contributed by atoms with Gasteiger partial charge in [-0.1, -0.05) is 29.3 Å². The van der Waals surface area contributed by atoms with Crippen molar-refractivity contribution in [2.75, 3.05) is 26.2 Å². The molecule has 0 aromatic heterocycles. The summed E-state index contributed by atoms with van der Waals surface area (Å²) >= 11 is 11.9. The third-order valence-electron chi connectivity index (χ3n) is 4.79. The van der Waals surface area contributed by atoms with Crippen LogP contribution in [0.15, 0.2) is 23.1 Å². The Balaban J connectivity index is 1.49. The molecule has 0 spiro atoms. The van der Waals surface area contributed by atoms with E-state index in [4.69, 9.17) is 27.9 Å². The average molecular weight is 464 g/mol. The van der Waals surface area contributed by atoms with E-state index in [1.165, 1.54) is 18.2 Å². The van der Waals surface area contributed by atoms with Crippen molar-refractivity contribution in [2.45, 2.75) is 30.2 Å². The molecule has 2 fully saturated rings. The summed E-state index contributed by atoms with van der Waals surface area (Å²) in [5, 5.41) is -0.0122. The van der Waals surface area contributed by atoms with Crippen LogP contribution in [0.3, 0.4) is 0 Å². The predicted octanol–water partition coefficient (Wildman–Crippen LogP) is 1.63. The molecule has 2 saturated heterocycles. The highest BCUT2D eigenvalue weighted by Crippen LogP contribution is 2.28. The Labute approximate surface area is 177 Å². The van der Waals surface area contributed by atoms with E-state index in [9.17, 15) is 22.8 Å². The van der Waals surface area contributed by atoms with Crippen molar-refractivity contribution >= 4 is 51.1 Å². The number of nitrogens with one attached hydrogen (secondary N) is 1. The molecule has 0 radical (unpaired) electrons. The molecule has 2 heterocycles. The predicted molar refractivity (Wildman–Crippen MR) is 104 cm³/mol. The molecule has 0 bridgehead atoms. The first-order valence-electron chi connectivity index (χ1n) is 8.91. The first kappa shape index (κ1) is 21.8. The smallest absolute Gasteiger partial charge is 0.417 e. The molecule has 3 rings (SSSR count). The Morgan fingerprint density at radius 2 is 1.79 bits per heavy atom. The van der Waals surface area contributed by atoms with Gasteiger partial charge >= 0.3 is 6.09 Å². The lowest BCUT2D eigenvalue weighted by Crippen LogP contribution is -2.48. The van der Waals surface area contributed by atoms with Gasteiger partial charge in [-0.05, 0) is 25.0 Å². The maximum atomic E-state index is 12.4. The number of nitrogens with zero attached hydrogens (tertiary/aromatic N) is 2. The molecule has 1 aromatic carbocycles. The fourth-order valence-corrected chi connectivity index (χ4v) is 5.52. The van der Waals surface area contributed by atoms with Crippen LogP contribution in [0, 0.1) is 0 Å². The number of rotatable bonds is 6. The zero-order chi connectivity index (χ0) is 21.2. The molecule has 12 heteroatoms. The van der Waals surface area contributed by atoms with Crippen LogP contribution in [0.4, 0.5) is 4.79 Å². The number of carbonyl (C=O) groups is 3. The number of halogens is 2. The molecule has 1 N–H and O–H groups in total. The highest BCUT2D eigenvalue weighted by Gasteiger charge is 2.39. The zero-order valence-electron chi connectivity index (χ0n) is 15.3. The summed E-state index contributed by atoms with van der Waals surface area (Å²) in [6, 6.07) is 4.07. The van der Waals surface area contributed by atoms with Gasteiger partial charge in [0.1, 0.15) is 4.90 Å². The van der Waals surface area contributed by atoms with E-state index < -0.39 is 16.1 Å². The number of piperidine rings is 1. The van der Waals surface area contributed by atoms with E-state index in [1.54, 1.807) is 4.90 Å². The topological polar surface area (TPSA) is 113 Å². The Morgan fingerprint density at radius 3 is 2.34 bits per heavy atom. The molecule has 29 heavy (non-hydrogen) atoms. The van der Waals surface area contributed by atoms with Crippen molar-refractivity contribution in [1.29, 1.82) is 0 Å². The molecule has 2 aliphatic heterocycles. The molecular formula is C17H19Cl2N3O6S. The van der Waals surface area contributed by atoms with Crippen LogP contribution >= 0.6 is 23.2 Å². The first-order chi connectivity index (χ1) is 13.7. The van der Waals surface area contributed by atoms with Gasteiger partial charge in [-0.2, -0.15) is 0 Å². The first-order valence-corrected chi connectivity index (χ1v) is 11.1. The number of likely N-dealkylation sites (tertiary alicyclic amines) is 1. The number of amides is 3. The lowest BCUT2D eigenvalue weighted by Gasteiger charge is -2.34. The van der Waals surface area contributed by atoms with Crippen LogP contribution in [0.2, 0.25) is 10.0 Å². The van der Waals surface area contributed by atoms with E-state index in [1.807, 2.05) is 0 Å². The van der Waals surface area contributed by atoms with Gasteiger partial charge in [0, 0.05) is 32.1 Å². The minimum Gasteiger partial charge on any atom is -0.439 e. The Bertz CT molecular complexity index is 895. The third kappa shape index (κ3) is 4.82. The summed E-state index contributed by atoms with van der Waals surface area (Å²) in [7, 11) is -3.96. The summed E-state index contributed by atoms with van der Waals surface area (Å²) in [6.07, 6.45) is 0.213. The number of imide groups is 1. The monoisotopic (exact) mass is 463 g/mol. The maximum absolute atomic E-state index is 12.4. The van der Waals surface area contributed by atoms with Gasteiger partial charge in [-0.15, -0.1) is 0 Å². The van der Waals surface area contributed by atoms with E-state index in [2.05, 4.69) is 4.72 Å². The summed E-state index contributed by atoms with van der Waals surface area (Å²) < 4.78 is 31.8. The van der Waals surface area contributed by atoms with E-state index in [0.29, 0.717) is 25.9 Å². The van der Waals surface area contributed by atoms with Gasteiger partial charge in [-0.3, -0.25) is 9.59 Å². The second-order valence-electron chi connectivity index (χ2n) is 6.63. The zero-order valence-corrected chi connectivity index (χ0v) is 17.6. The molecule has 0 saturated carbocycles. The van der Waals surface area contributed by atoms with Crippen molar-refractivity contribution < 1.29 is 27.5 Å². The molecule has 2 aliphatic rings. The van der Waals surface area contributed by atoms with Gasteiger partial charge in [0.25, 0.3) is 5.91 Å². The molecule has 0 aliphatic carbocycles. The highest BCUT2D eigenvalue weighted by atomic mass is 35.5. The molecule has 0 unspecified atom stereocenters. The van der Waals surface area contributed by atoms with Gasteiger partial charge < -0.3 is 9.64 Å². The van der Waals surface area contributed by atoms with E-state index >= 15 is 0 Å². The maximum Gasteiger partial charge on any atom is 0.417 e. The summed E-state index contributed by atoms with van der Waals surface area (Å²) in [5.41, 5.74) is 0. The van der Waals surface area contributed by atoms with Crippen molar-refractivity contribution in [1.82, 2.24) is 14.5 Å². The lowest BCUT2D eigenvalue weighted by molar-refractivity contribution is -0.133. The Kier molecular flexibility index (Phi) is 6.67. The second kappa shape index (κ2) is 8.86. The molecular weight excluding hydrogens is 445 g/mol. The van der Waals surface area contributed by atoms with Crippen molar-refractivity contribution in [3.63, 3.8) is 0 Å². The Hall–Kier alpha value is -1.88. The third-order valence-corrected chi connectivity index (χ3v) is 7.20. The van der Waals surface area contributed by atoms with Gasteiger partial charge in [-0.25, -0.2) is 22.8 Å². The average Bonchev–Trinajstić information content (AvgIpc) is 2.99. The van der Waals surface area contributed by atoms with Crippen molar-refractivity contribution in [2.24, 2.45) is 0 Å². The number of carbonyl (C=O) groups excluding carboxylic acids is 3. The van der Waals surface area contributed by atoms with Crippen LogP contribution in [-0.4, -0.2) is 68.4 Å². The fourth-order valence-electron chi connectivity index (χ4n) is 3.35. The van der Waals surface area contributed by atoms with E-state index in [-0.39, 0.29) is 52.4 Å². The van der Waals surface area contributed by atoms with Crippen LogP contribution in [0.25, 0.3) is 0 Å². The minimum absolute atomic E-state index is 0.00612. The molecule has 9 nitrogen and oxygen atoms in total. The van der Waals surface area contributed by atoms with Crippen LogP contribution in [-0.2, 0) is 24.3 Å². The number of ether oxygens (including phenoxy) is 1. The van der Waals surface area contributed by atoms with Gasteiger partial charge in [0.2, 0.25) is 15.9 Å². The summed E-state index contributed by atoms with van der Waals surface area (Å²) in [4.78, 5) is 38.2. The number of benzene rings is 1. The highest BCUT2D eigenvalue weighted by molar-refractivity contribution is 7.89. The van der Waals surface area contributed by atoms with Crippen LogP contribution < -0.4 is 4.72 Å². The van der Waals surface area contributed by atoms with Crippen molar-refractivity contribution in [3.8, 4) is 0 Å². The lowest BCUT2D eigenvalue weighted by atomic mass is 10.0. The number of sulfonamides is 1. The summed E-state index contributed by atoms with van der Waals surface area (Å²) in [6.45, 7) is 0.375. The Morgan fingerprint density at radius 1 is 1.17 bits per heavy atom. The quantitative estimate of drug-likeness (QED) is 0.685. The molecule has 3 amide bonds. The van der Waals surface area contributed by atoms with Gasteiger partial charge in [0.05, 0.1) is 10.0 Å². The number of cyclic esters (lactones) is 1. The number of hydrogen-bond acceptors (Lipinski definition) is 6. The van der Waals surface area contributed by atoms with Crippen LogP contribution in [0.5, 0.6) is 0 Å². The summed E-state index contributed by atoms with van der Waals surface area (Å²) in [5.74, 6) is -0.598. The molecule has 158 valence electrons. The normalized spacial score (nSPS) is 18.3. The fraction of sp³-hybridized carbons (Fsp3) is 0.471. The molecule has 1 aromatic rings. The standard InChI is InChI=1S/C17H19Cl2N3O6S/c18-12-2-1-3-13(19)16(12)29(26,27)20-7-4-14(23)21-8-5-11(6-9-21)22-15(24)10-28-17(22)25/h1-3,11,20H,4-10H2. The SMILES string of the molecule is O=C(CCNS(=O)(=O)c1c(Cl)cccc1Cl)N1CCC(N2C(=O)COC2=O)CC1. The molecule has 0 atom stereocenters. The van der Waals surface area contributed by atoms with E-state index in [0.717, 1.165) is 4.90 Å². The largest absolute Gasteiger partial charge is 0.439 e. The second-order valence-corrected chi connectivity index (χ2v) is 9.15. The van der Waals surface area contributed by atoms with Gasteiger partial charge in [0.15, 0.2) is 6.61 Å². The number of hydrogen-bond donors (Lipinski definition) is 1. The van der Waals surface area contributed by atoms with Crippen LogP contribution in [0.1, 0.15) is 19.3 Å². The minimum atomic E-state index is -3.96.